The van der Waals surface area contributed by atoms with E-state index in [4.69, 9.17) is 57.4 Å². The number of hydrogen-bond acceptors (Lipinski definition) is 4. The average molecular weight is 602 g/mol. The number of nitrogens with zero attached hydrogens (tertiary/aromatic N) is 5. The Morgan fingerprint density at radius 3 is 1.59 bits per heavy atom. The number of nitrogen functional groups attached to an aromatic ring is 1. The van der Waals surface area contributed by atoms with Crippen LogP contribution in [0.15, 0.2) is 48.8 Å². The Morgan fingerprint density at radius 2 is 1.24 bits per heavy atom. The summed E-state index contributed by atoms with van der Waals surface area (Å²) in [5, 5.41) is 15.6. The molecule has 0 amide bonds. The van der Waals surface area contributed by atoms with Gasteiger partial charge in [0.05, 0.1) is 31.2 Å². The minimum Gasteiger partial charge on any atom is -0.384 e. The summed E-state index contributed by atoms with van der Waals surface area (Å²) in [7, 11) is 0. The molecule has 0 spiro atoms. The first-order valence-corrected chi connectivity index (χ1v) is 11.0. The second-order valence-electron chi connectivity index (χ2n) is 7.00. The van der Waals surface area contributed by atoms with Crippen LogP contribution in [0.25, 0.3) is 11.4 Å². The number of aromatic nitrogens is 4. The van der Waals surface area contributed by atoms with Crippen LogP contribution in [0.3, 0.4) is 0 Å². The van der Waals surface area contributed by atoms with Gasteiger partial charge in [-0.25, -0.2) is 9.36 Å². The van der Waals surface area contributed by atoms with Gasteiger partial charge in [-0.05, 0) is 30.3 Å². The van der Waals surface area contributed by atoms with Crippen molar-refractivity contribution >= 4 is 52.2 Å². The Kier molecular flexibility index (Phi) is 8.24. The fourth-order valence-electron chi connectivity index (χ4n) is 2.91. The summed E-state index contributed by atoms with van der Waals surface area (Å²) in [6.45, 7) is 0. The summed E-state index contributed by atoms with van der Waals surface area (Å²) in [6.07, 6.45) is -6.03. The van der Waals surface area contributed by atoms with Crippen LogP contribution in [0, 0.1) is 11.3 Å². The number of halogens is 10. The second kappa shape index (κ2) is 10.7. The first-order chi connectivity index (χ1) is 17.1. The third kappa shape index (κ3) is 6.42. The summed E-state index contributed by atoms with van der Waals surface area (Å²) in [5.41, 5.74) is 3.96. The highest BCUT2D eigenvalue weighted by molar-refractivity contribution is 6.38. The first-order valence-electron chi connectivity index (χ1n) is 9.52. The minimum atomic E-state index is -4.57. The van der Waals surface area contributed by atoms with Crippen molar-refractivity contribution in [2.45, 2.75) is 12.4 Å². The standard InChI is InChI=1S/C11H5Cl2F3N4.C10H5Cl2F3N2/c12-7-1-5(11(14,15)16)2-8(13)10(7)20-9(18)3-6(4-17)19-20;11-7-4-6(10(13,14)15)5-8(12)9(7)17-3-1-2-16-17/h1-3H,18H2;1-5H. The van der Waals surface area contributed by atoms with Gasteiger partial charge in [-0.15, -0.1) is 0 Å². The summed E-state index contributed by atoms with van der Waals surface area (Å²) in [4.78, 5) is 0. The van der Waals surface area contributed by atoms with Crippen LogP contribution in [-0.4, -0.2) is 19.6 Å². The Balaban J connectivity index is 0.000000208. The molecule has 0 aliphatic heterocycles. The number of anilines is 1. The zero-order valence-corrected chi connectivity index (χ0v) is 20.7. The van der Waals surface area contributed by atoms with Crippen molar-refractivity contribution in [2.24, 2.45) is 0 Å². The van der Waals surface area contributed by atoms with Crippen LogP contribution < -0.4 is 5.73 Å². The predicted octanol–water partition coefficient (Wildman–Crippen LogP) is 7.85. The monoisotopic (exact) mass is 600 g/mol. The van der Waals surface area contributed by atoms with Crippen LogP contribution in [0.2, 0.25) is 20.1 Å². The molecule has 6 nitrogen and oxygen atoms in total. The molecule has 16 heteroatoms. The van der Waals surface area contributed by atoms with Gasteiger partial charge in [0.1, 0.15) is 23.3 Å². The van der Waals surface area contributed by atoms with Gasteiger partial charge in [0, 0.05) is 18.5 Å². The lowest BCUT2D eigenvalue weighted by atomic mass is 10.2. The summed E-state index contributed by atoms with van der Waals surface area (Å²) in [5.74, 6) is 0.0325. The number of rotatable bonds is 2. The maximum absolute atomic E-state index is 12.6. The van der Waals surface area contributed by atoms with Crippen molar-refractivity contribution in [3.63, 3.8) is 0 Å². The highest BCUT2D eigenvalue weighted by Crippen LogP contribution is 2.39. The van der Waals surface area contributed by atoms with Crippen LogP contribution in [0.5, 0.6) is 0 Å². The Morgan fingerprint density at radius 1 is 0.784 bits per heavy atom. The molecule has 0 saturated heterocycles. The van der Waals surface area contributed by atoms with Gasteiger partial charge in [-0.3, -0.25) is 0 Å². The van der Waals surface area contributed by atoms with E-state index in [1.807, 2.05) is 0 Å². The lowest BCUT2D eigenvalue weighted by Gasteiger charge is -2.13. The van der Waals surface area contributed by atoms with E-state index in [1.165, 1.54) is 16.9 Å². The van der Waals surface area contributed by atoms with Gasteiger partial charge in [0.25, 0.3) is 0 Å². The lowest BCUT2D eigenvalue weighted by molar-refractivity contribution is -0.138. The van der Waals surface area contributed by atoms with E-state index in [2.05, 4.69) is 10.2 Å². The molecule has 0 unspecified atom stereocenters. The summed E-state index contributed by atoms with van der Waals surface area (Å²) < 4.78 is 77.6. The van der Waals surface area contributed by atoms with Crippen molar-refractivity contribution in [2.75, 3.05) is 5.73 Å². The summed E-state index contributed by atoms with van der Waals surface area (Å²) >= 11 is 23.2. The minimum absolute atomic E-state index is 0.00506. The highest BCUT2D eigenvalue weighted by atomic mass is 35.5. The molecule has 0 bridgehead atoms. The third-order valence-corrected chi connectivity index (χ3v) is 5.64. The van der Waals surface area contributed by atoms with Crippen molar-refractivity contribution in [1.29, 1.82) is 5.26 Å². The quantitative estimate of drug-likeness (QED) is 0.237. The van der Waals surface area contributed by atoms with E-state index in [0.29, 0.717) is 0 Å². The van der Waals surface area contributed by atoms with Gasteiger partial charge in [0.2, 0.25) is 0 Å². The Bertz CT molecular complexity index is 1430. The van der Waals surface area contributed by atoms with Gasteiger partial charge in [0.15, 0.2) is 5.69 Å². The van der Waals surface area contributed by atoms with E-state index >= 15 is 0 Å². The molecule has 2 N–H and O–H groups in total. The van der Waals surface area contributed by atoms with Gasteiger partial charge in [-0.2, -0.15) is 41.8 Å². The van der Waals surface area contributed by atoms with Crippen LogP contribution in [0.1, 0.15) is 16.8 Å². The number of nitrogens with two attached hydrogens (primary N) is 1. The SMILES string of the molecule is FC(F)(F)c1cc(Cl)c(-n2cccn2)c(Cl)c1.N#Cc1cc(N)n(-c2c(Cl)cc(C(F)(F)F)cc2Cl)n1. The molecule has 37 heavy (non-hydrogen) atoms. The molecule has 2 heterocycles. The second-order valence-corrected chi connectivity index (χ2v) is 8.63. The molecule has 2 aromatic carbocycles. The maximum atomic E-state index is 12.6. The molecule has 4 rings (SSSR count). The van der Waals surface area contributed by atoms with Crippen LogP contribution in [0.4, 0.5) is 32.2 Å². The number of hydrogen-bond donors (Lipinski definition) is 1. The average Bonchev–Trinajstić information content (AvgIpc) is 3.42. The van der Waals surface area contributed by atoms with Crippen molar-refractivity contribution < 1.29 is 26.3 Å². The zero-order chi connectivity index (χ0) is 27.7. The van der Waals surface area contributed by atoms with E-state index in [0.717, 1.165) is 28.9 Å². The van der Waals surface area contributed by atoms with Crippen molar-refractivity contribution in [3.05, 3.63) is 85.7 Å². The molecule has 0 radical (unpaired) electrons. The van der Waals surface area contributed by atoms with E-state index in [9.17, 15) is 26.3 Å². The van der Waals surface area contributed by atoms with E-state index in [-0.39, 0.29) is 43.0 Å². The fraction of sp³-hybridized carbons (Fsp3) is 0.0952. The molecule has 2 aromatic heterocycles. The lowest BCUT2D eigenvalue weighted by Crippen LogP contribution is -2.08. The largest absolute Gasteiger partial charge is 0.416 e. The molecule has 0 aliphatic carbocycles. The van der Waals surface area contributed by atoms with Gasteiger partial charge < -0.3 is 5.73 Å². The normalized spacial score (nSPS) is 11.6. The molecule has 0 atom stereocenters. The van der Waals surface area contributed by atoms with Crippen molar-refractivity contribution in [3.8, 4) is 17.4 Å². The smallest absolute Gasteiger partial charge is 0.384 e. The van der Waals surface area contributed by atoms with E-state index in [1.54, 1.807) is 18.3 Å². The predicted molar refractivity (Wildman–Crippen MR) is 126 cm³/mol. The van der Waals surface area contributed by atoms with E-state index < -0.39 is 23.5 Å². The maximum Gasteiger partial charge on any atom is 0.416 e. The van der Waals surface area contributed by atoms with Gasteiger partial charge >= 0.3 is 12.4 Å². The fourth-order valence-corrected chi connectivity index (χ4v) is 4.22. The Labute approximate surface area is 224 Å². The topological polar surface area (TPSA) is 85.5 Å². The third-order valence-electron chi connectivity index (χ3n) is 4.49. The number of alkyl halides is 6. The first kappa shape index (κ1) is 28.5. The number of nitriles is 1. The van der Waals surface area contributed by atoms with Crippen LogP contribution in [-0.2, 0) is 12.4 Å². The molecular formula is C21H10Cl4F6N6. The van der Waals surface area contributed by atoms with Crippen molar-refractivity contribution in [1.82, 2.24) is 19.6 Å². The molecular weight excluding hydrogens is 592 g/mol. The number of benzene rings is 2. The Hall–Kier alpha value is -3.11. The molecule has 194 valence electrons. The molecule has 0 saturated carbocycles. The molecule has 0 aliphatic rings. The zero-order valence-electron chi connectivity index (χ0n) is 17.7. The highest BCUT2D eigenvalue weighted by Gasteiger charge is 2.33. The summed E-state index contributed by atoms with van der Waals surface area (Å²) in [6, 6.07) is 7.71. The molecule has 0 fully saturated rings. The van der Waals surface area contributed by atoms with Gasteiger partial charge in [-0.1, -0.05) is 46.4 Å². The molecule has 4 aromatic rings. The van der Waals surface area contributed by atoms with Crippen LogP contribution >= 0.6 is 46.4 Å².